The van der Waals surface area contributed by atoms with Crippen molar-refractivity contribution in [3.05, 3.63) is 47.5 Å². The monoisotopic (exact) mass is 464 g/mol. The highest BCUT2D eigenvalue weighted by Gasteiger charge is 2.27. The van der Waals surface area contributed by atoms with Crippen LogP contribution in [0.1, 0.15) is 93.5 Å². The Labute approximate surface area is 204 Å². The van der Waals surface area contributed by atoms with Crippen molar-refractivity contribution in [2.75, 3.05) is 13.1 Å². The van der Waals surface area contributed by atoms with Crippen LogP contribution < -0.4 is 5.32 Å². The Morgan fingerprint density at radius 2 is 1.68 bits per heavy atom. The number of carbonyl (C=O) groups is 3. The smallest absolute Gasteiger partial charge is 0.251 e. The molecule has 0 spiro atoms. The Morgan fingerprint density at radius 3 is 2.44 bits per heavy atom. The first kappa shape index (κ1) is 25.9. The fourth-order valence-electron chi connectivity index (χ4n) is 4.83. The molecule has 5 nitrogen and oxygen atoms in total. The summed E-state index contributed by atoms with van der Waals surface area (Å²) in [4.78, 5) is 37.6. The second kappa shape index (κ2) is 13.9. The first-order valence-corrected chi connectivity index (χ1v) is 13.2. The molecule has 1 saturated heterocycles. The Balaban J connectivity index is 1.42. The van der Waals surface area contributed by atoms with Crippen molar-refractivity contribution in [3.63, 3.8) is 0 Å². The first-order chi connectivity index (χ1) is 16.6. The number of carbonyl (C=O) groups excluding carboxylic acids is 3. The van der Waals surface area contributed by atoms with E-state index in [1.54, 1.807) is 4.90 Å². The van der Waals surface area contributed by atoms with Gasteiger partial charge < -0.3 is 15.0 Å². The minimum Gasteiger partial charge on any atom is -0.352 e. The molecule has 5 heteroatoms. The van der Waals surface area contributed by atoms with Crippen molar-refractivity contribution in [2.45, 2.75) is 90.0 Å². The van der Waals surface area contributed by atoms with Gasteiger partial charge in [-0.15, -0.1) is 0 Å². The lowest BCUT2D eigenvalue weighted by Crippen LogP contribution is -2.38. The van der Waals surface area contributed by atoms with Gasteiger partial charge in [0.1, 0.15) is 6.29 Å². The summed E-state index contributed by atoms with van der Waals surface area (Å²) in [5.74, 6) is -0.247. The largest absolute Gasteiger partial charge is 0.352 e. The maximum atomic E-state index is 12.6. The second-order valence-electron chi connectivity index (χ2n) is 9.56. The Hall–Kier alpha value is -2.69. The molecular formula is C29H40N2O3. The fourth-order valence-corrected chi connectivity index (χ4v) is 4.83. The van der Waals surface area contributed by atoms with Gasteiger partial charge in [-0.05, 0) is 54.2 Å². The summed E-state index contributed by atoms with van der Waals surface area (Å²) in [5.41, 5.74) is 1.95. The molecule has 2 aromatic carbocycles. The molecule has 184 valence electrons. The number of amides is 2. The van der Waals surface area contributed by atoms with Crippen LogP contribution in [0.25, 0.3) is 10.8 Å². The van der Waals surface area contributed by atoms with E-state index in [1.165, 1.54) is 56.9 Å². The zero-order chi connectivity index (χ0) is 24.2. The molecule has 0 unspecified atom stereocenters. The molecule has 34 heavy (non-hydrogen) atoms. The van der Waals surface area contributed by atoms with E-state index in [1.807, 2.05) is 18.2 Å². The fraction of sp³-hybridized carbons (Fsp3) is 0.552. The molecule has 0 radical (unpaired) electrons. The Morgan fingerprint density at radius 1 is 0.971 bits per heavy atom. The molecule has 3 rings (SSSR count). The Kier molecular flexibility index (Phi) is 10.6. The highest BCUT2D eigenvalue weighted by atomic mass is 16.2. The zero-order valence-electron chi connectivity index (χ0n) is 20.7. The van der Waals surface area contributed by atoms with Crippen LogP contribution in [0.4, 0.5) is 0 Å². The van der Waals surface area contributed by atoms with Gasteiger partial charge in [-0.25, -0.2) is 0 Å². The van der Waals surface area contributed by atoms with E-state index in [0.717, 1.165) is 36.3 Å². The highest BCUT2D eigenvalue weighted by Crippen LogP contribution is 2.20. The van der Waals surface area contributed by atoms with E-state index in [0.29, 0.717) is 12.1 Å². The number of rotatable bonds is 14. The van der Waals surface area contributed by atoms with E-state index in [9.17, 15) is 14.4 Å². The number of nitrogens with zero attached hydrogens (tertiary/aromatic N) is 1. The van der Waals surface area contributed by atoms with E-state index in [-0.39, 0.29) is 30.8 Å². The van der Waals surface area contributed by atoms with Crippen LogP contribution >= 0.6 is 0 Å². The van der Waals surface area contributed by atoms with Gasteiger partial charge in [0, 0.05) is 25.1 Å². The van der Waals surface area contributed by atoms with Gasteiger partial charge >= 0.3 is 0 Å². The van der Waals surface area contributed by atoms with Crippen LogP contribution in [0.15, 0.2) is 36.4 Å². The minimum atomic E-state index is -0.302. The normalized spacial score (nSPS) is 15.6. The second-order valence-corrected chi connectivity index (χ2v) is 9.56. The summed E-state index contributed by atoms with van der Waals surface area (Å²) in [6.07, 6.45) is 14.4. The van der Waals surface area contributed by atoms with Crippen LogP contribution in [0.3, 0.4) is 0 Å². The third-order valence-electron chi connectivity index (χ3n) is 6.89. The number of likely N-dealkylation sites (tertiary alicyclic amines) is 1. The molecule has 0 saturated carbocycles. The number of benzene rings is 2. The van der Waals surface area contributed by atoms with Gasteiger partial charge in [0.05, 0.1) is 6.04 Å². The summed E-state index contributed by atoms with van der Waals surface area (Å²) < 4.78 is 0. The molecule has 0 aromatic heterocycles. The number of unbranched alkanes of at least 4 members (excludes halogenated alkanes) is 7. The molecule has 1 aliphatic heterocycles. The lowest BCUT2D eigenvalue weighted by Gasteiger charge is -2.20. The van der Waals surface area contributed by atoms with Crippen LogP contribution in [0.5, 0.6) is 0 Å². The zero-order valence-corrected chi connectivity index (χ0v) is 20.7. The first-order valence-electron chi connectivity index (χ1n) is 13.2. The summed E-state index contributed by atoms with van der Waals surface area (Å²) in [7, 11) is 0. The van der Waals surface area contributed by atoms with Crippen molar-refractivity contribution < 1.29 is 14.4 Å². The van der Waals surface area contributed by atoms with E-state index in [2.05, 4.69) is 30.4 Å². The van der Waals surface area contributed by atoms with Crippen molar-refractivity contribution in [3.8, 4) is 0 Å². The van der Waals surface area contributed by atoms with E-state index in [4.69, 9.17) is 0 Å². The predicted octanol–water partition coefficient (Wildman–Crippen LogP) is 5.83. The maximum Gasteiger partial charge on any atom is 0.251 e. The molecule has 0 aliphatic carbocycles. The molecule has 1 fully saturated rings. The van der Waals surface area contributed by atoms with Gasteiger partial charge in [0.15, 0.2) is 0 Å². The van der Waals surface area contributed by atoms with E-state index < -0.39 is 0 Å². The standard InChI is InChI=1S/C29H40N2O3/c1-2-3-4-5-6-7-8-9-11-23-13-14-25-21-26(16-15-24(25)20-23)29(34)30-18-17-28(33)31-19-10-12-27(31)22-32/h13-16,20-22,27H,2-12,17-19H2,1H3,(H,30,34)/t27-/m1/s1. The minimum absolute atomic E-state index is 0.0718. The molecule has 1 atom stereocenters. The van der Waals surface area contributed by atoms with E-state index >= 15 is 0 Å². The highest BCUT2D eigenvalue weighted by molar-refractivity contribution is 5.98. The number of hydrogen-bond donors (Lipinski definition) is 1. The van der Waals surface area contributed by atoms with Crippen LogP contribution in [-0.4, -0.2) is 42.1 Å². The van der Waals surface area contributed by atoms with Gasteiger partial charge in [-0.1, -0.05) is 76.1 Å². The van der Waals surface area contributed by atoms with Gasteiger partial charge in [0.2, 0.25) is 5.91 Å². The van der Waals surface area contributed by atoms with Crippen LogP contribution in [-0.2, 0) is 16.0 Å². The average Bonchev–Trinajstić information content (AvgIpc) is 3.34. The van der Waals surface area contributed by atoms with Crippen molar-refractivity contribution in [1.29, 1.82) is 0 Å². The number of fused-ring (bicyclic) bond motifs is 1. The summed E-state index contributed by atoms with van der Waals surface area (Å²) in [6.45, 7) is 3.16. The molecule has 2 aromatic rings. The maximum absolute atomic E-state index is 12.6. The van der Waals surface area contributed by atoms with Crippen LogP contribution in [0.2, 0.25) is 0 Å². The number of nitrogens with one attached hydrogen (secondary N) is 1. The van der Waals surface area contributed by atoms with Crippen molar-refractivity contribution in [1.82, 2.24) is 10.2 Å². The molecule has 0 bridgehead atoms. The van der Waals surface area contributed by atoms with Gasteiger partial charge in [-0.2, -0.15) is 0 Å². The number of aryl methyl sites for hydroxylation is 1. The van der Waals surface area contributed by atoms with Crippen molar-refractivity contribution >= 4 is 28.9 Å². The van der Waals surface area contributed by atoms with Gasteiger partial charge in [-0.3, -0.25) is 9.59 Å². The Bertz CT molecular complexity index is 956. The van der Waals surface area contributed by atoms with Gasteiger partial charge in [0.25, 0.3) is 5.91 Å². The third kappa shape index (κ3) is 7.68. The summed E-state index contributed by atoms with van der Waals surface area (Å²) in [5, 5.41) is 5.04. The molecule has 1 N–H and O–H groups in total. The third-order valence-corrected chi connectivity index (χ3v) is 6.89. The lowest BCUT2D eigenvalue weighted by molar-refractivity contribution is -0.134. The summed E-state index contributed by atoms with van der Waals surface area (Å²) in [6, 6.07) is 12.0. The van der Waals surface area contributed by atoms with Crippen LogP contribution in [0, 0.1) is 0 Å². The number of hydrogen-bond acceptors (Lipinski definition) is 3. The topological polar surface area (TPSA) is 66.5 Å². The molecule has 1 heterocycles. The lowest BCUT2D eigenvalue weighted by atomic mass is 10.00. The summed E-state index contributed by atoms with van der Waals surface area (Å²) >= 11 is 0. The molecular weight excluding hydrogens is 424 g/mol. The molecule has 1 aliphatic rings. The number of aldehydes is 1. The SMILES string of the molecule is CCCCCCCCCCc1ccc2cc(C(=O)NCCC(=O)N3CCC[C@@H]3C=O)ccc2c1. The average molecular weight is 465 g/mol. The predicted molar refractivity (Wildman–Crippen MR) is 138 cm³/mol. The van der Waals surface area contributed by atoms with Crippen molar-refractivity contribution in [2.24, 2.45) is 0 Å². The molecule has 2 amide bonds. The quantitative estimate of drug-likeness (QED) is 0.282.